The smallest absolute Gasteiger partial charge is 0.244 e. The molecular formula is C15H19N3O4. The number of hydrogen-bond donors (Lipinski definition) is 2. The predicted octanol–water partition coefficient (Wildman–Crippen LogP) is 0.358. The Bertz CT molecular complexity index is 569. The molecule has 0 saturated carbocycles. The van der Waals surface area contributed by atoms with Gasteiger partial charge < -0.3 is 14.8 Å². The third kappa shape index (κ3) is 3.82. The molecule has 1 aliphatic heterocycles. The lowest BCUT2D eigenvalue weighted by atomic mass is 10.0. The van der Waals surface area contributed by atoms with Gasteiger partial charge >= 0.3 is 0 Å². The van der Waals surface area contributed by atoms with Crippen molar-refractivity contribution in [2.45, 2.75) is 12.5 Å². The minimum atomic E-state index is -0.519. The summed E-state index contributed by atoms with van der Waals surface area (Å²) in [7, 11) is 3.13. The number of amides is 1. The van der Waals surface area contributed by atoms with Crippen molar-refractivity contribution in [1.29, 1.82) is 0 Å². The highest BCUT2D eigenvalue weighted by molar-refractivity contribution is 6.46. The first-order chi connectivity index (χ1) is 10.7. The Kier molecular flexibility index (Phi) is 5.48. The van der Waals surface area contributed by atoms with Gasteiger partial charge in [0.15, 0.2) is 0 Å². The maximum Gasteiger partial charge on any atom is 0.244 e. The van der Waals surface area contributed by atoms with Crippen LogP contribution in [0.4, 0.5) is 0 Å². The van der Waals surface area contributed by atoms with Gasteiger partial charge in [0.25, 0.3) is 0 Å². The lowest BCUT2D eigenvalue weighted by molar-refractivity contribution is -0.122. The largest absolute Gasteiger partial charge is 0.497 e. The van der Waals surface area contributed by atoms with E-state index in [2.05, 4.69) is 15.8 Å². The lowest BCUT2D eigenvalue weighted by Crippen LogP contribution is -2.41. The number of hydrogen-bond acceptors (Lipinski definition) is 6. The summed E-state index contributed by atoms with van der Waals surface area (Å²) in [5, 5.41) is 6.69. The number of nitrogens with zero attached hydrogens (tertiary/aromatic N) is 1. The zero-order chi connectivity index (χ0) is 15.9. The molecule has 1 heterocycles. The summed E-state index contributed by atoms with van der Waals surface area (Å²) < 4.78 is 9.92. The SMILES string of the molecule is COCCNC(=O)C1CC(C(=O)c2ccc(OC)cc2)=NN1. The average molecular weight is 305 g/mol. The molecule has 0 aromatic heterocycles. The Morgan fingerprint density at radius 3 is 2.68 bits per heavy atom. The predicted molar refractivity (Wildman–Crippen MR) is 81.2 cm³/mol. The Morgan fingerprint density at radius 1 is 1.32 bits per heavy atom. The molecule has 1 aromatic rings. The van der Waals surface area contributed by atoms with Crippen LogP contribution in [-0.4, -0.2) is 50.8 Å². The van der Waals surface area contributed by atoms with E-state index in [4.69, 9.17) is 9.47 Å². The summed E-state index contributed by atoms with van der Waals surface area (Å²) in [6.45, 7) is 0.867. The fourth-order valence-electron chi connectivity index (χ4n) is 2.04. The van der Waals surface area contributed by atoms with Crippen molar-refractivity contribution in [3.05, 3.63) is 29.8 Å². The first-order valence-electron chi connectivity index (χ1n) is 6.93. The van der Waals surface area contributed by atoms with E-state index in [1.807, 2.05) is 0 Å². The number of hydrazone groups is 1. The maximum atomic E-state index is 12.3. The van der Waals surface area contributed by atoms with E-state index in [0.29, 0.717) is 30.2 Å². The number of ether oxygens (including phenoxy) is 2. The molecule has 7 nitrogen and oxygen atoms in total. The highest BCUT2D eigenvalue weighted by Crippen LogP contribution is 2.14. The van der Waals surface area contributed by atoms with Crippen molar-refractivity contribution in [1.82, 2.24) is 10.7 Å². The van der Waals surface area contributed by atoms with Gasteiger partial charge in [-0.15, -0.1) is 0 Å². The van der Waals surface area contributed by atoms with Crippen LogP contribution in [-0.2, 0) is 9.53 Å². The van der Waals surface area contributed by atoms with Crippen molar-refractivity contribution in [3.8, 4) is 5.75 Å². The zero-order valence-corrected chi connectivity index (χ0v) is 12.6. The molecule has 1 aliphatic rings. The normalized spacial score (nSPS) is 16.6. The number of rotatable bonds is 7. The monoisotopic (exact) mass is 305 g/mol. The third-order valence-electron chi connectivity index (χ3n) is 3.29. The fraction of sp³-hybridized carbons (Fsp3) is 0.400. The van der Waals surface area contributed by atoms with E-state index in [-0.39, 0.29) is 18.1 Å². The van der Waals surface area contributed by atoms with Crippen LogP contribution in [0, 0.1) is 0 Å². The second-order valence-electron chi connectivity index (χ2n) is 4.79. The Hall–Kier alpha value is -2.41. The standard InChI is InChI=1S/C15H19N3O4/c1-21-8-7-16-15(20)13-9-12(17-18-13)14(19)10-3-5-11(22-2)6-4-10/h3-6,13,18H,7-9H2,1-2H3,(H,16,20). The molecule has 1 amide bonds. The van der Waals surface area contributed by atoms with E-state index in [1.54, 1.807) is 38.5 Å². The number of benzene rings is 1. The number of Topliss-reactive ketones (excluding diaryl/α,β-unsaturated/α-hetero) is 1. The van der Waals surface area contributed by atoms with Gasteiger partial charge in [0, 0.05) is 25.6 Å². The molecule has 22 heavy (non-hydrogen) atoms. The van der Waals surface area contributed by atoms with E-state index in [0.717, 1.165) is 0 Å². The van der Waals surface area contributed by atoms with Gasteiger partial charge in [0.1, 0.15) is 17.5 Å². The van der Waals surface area contributed by atoms with Gasteiger partial charge in [-0.2, -0.15) is 5.10 Å². The Morgan fingerprint density at radius 2 is 2.05 bits per heavy atom. The minimum Gasteiger partial charge on any atom is -0.497 e. The summed E-state index contributed by atoms with van der Waals surface area (Å²) in [6, 6.07) is 6.26. The van der Waals surface area contributed by atoms with Crippen molar-refractivity contribution < 1.29 is 19.1 Å². The van der Waals surface area contributed by atoms with Gasteiger partial charge in [-0.25, -0.2) is 0 Å². The van der Waals surface area contributed by atoms with Gasteiger partial charge in [0.05, 0.1) is 13.7 Å². The van der Waals surface area contributed by atoms with E-state index in [9.17, 15) is 9.59 Å². The Labute approximate surface area is 128 Å². The van der Waals surface area contributed by atoms with Crippen molar-refractivity contribution in [2.24, 2.45) is 5.10 Å². The summed E-state index contributed by atoms with van der Waals surface area (Å²) in [6.07, 6.45) is 0.268. The molecule has 1 unspecified atom stereocenters. The van der Waals surface area contributed by atoms with E-state index < -0.39 is 6.04 Å². The van der Waals surface area contributed by atoms with Crippen LogP contribution in [0.3, 0.4) is 0 Å². The number of nitrogens with one attached hydrogen (secondary N) is 2. The Balaban J connectivity index is 1.91. The van der Waals surface area contributed by atoms with E-state index >= 15 is 0 Å². The third-order valence-corrected chi connectivity index (χ3v) is 3.29. The summed E-state index contributed by atoms with van der Waals surface area (Å²) >= 11 is 0. The quantitative estimate of drug-likeness (QED) is 0.561. The van der Waals surface area contributed by atoms with Crippen molar-refractivity contribution in [2.75, 3.05) is 27.4 Å². The minimum absolute atomic E-state index is 0.192. The van der Waals surface area contributed by atoms with Crippen LogP contribution in [0.15, 0.2) is 29.4 Å². The zero-order valence-electron chi connectivity index (χ0n) is 12.6. The van der Waals surface area contributed by atoms with Crippen LogP contribution in [0.25, 0.3) is 0 Å². The molecule has 7 heteroatoms. The highest BCUT2D eigenvalue weighted by Gasteiger charge is 2.29. The summed E-state index contributed by atoms with van der Waals surface area (Å²) in [4.78, 5) is 24.2. The molecule has 1 aromatic carbocycles. The first kappa shape index (κ1) is 16.0. The molecular weight excluding hydrogens is 286 g/mol. The second kappa shape index (κ2) is 7.56. The van der Waals surface area contributed by atoms with Crippen LogP contribution in [0.2, 0.25) is 0 Å². The molecule has 0 saturated heterocycles. The molecule has 2 N–H and O–H groups in total. The van der Waals surface area contributed by atoms with Crippen LogP contribution >= 0.6 is 0 Å². The molecule has 0 bridgehead atoms. The molecule has 1 atom stereocenters. The van der Waals surface area contributed by atoms with Crippen LogP contribution < -0.4 is 15.5 Å². The summed E-state index contributed by atoms with van der Waals surface area (Å²) in [5.41, 5.74) is 3.56. The molecule has 0 aliphatic carbocycles. The van der Waals surface area contributed by atoms with Gasteiger partial charge in [-0.1, -0.05) is 0 Å². The number of carbonyl (C=O) groups excluding carboxylic acids is 2. The molecule has 2 rings (SSSR count). The highest BCUT2D eigenvalue weighted by atomic mass is 16.5. The molecule has 0 spiro atoms. The van der Waals surface area contributed by atoms with Gasteiger partial charge in [-0.3, -0.25) is 15.0 Å². The summed E-state index contributed by atoms with van der Waals surface area (Å²) in [5.74, 6) is 0.291. The van der Waals surface area contributed by atoms with Gasteiger partial charge in [0.2, 0.25) is 11.7 Å². The topological polar surface area (TPSA) is 89.0 Å². The molecule has 118 valence electrons. The first-order valence-corrected chi connectivity index (χ1v) is 6.93. The van der Waals surface area contributed by atoms with Crippen molar-refractivity contribution >= 4 is 17.4 Å². The van der Waals surface area contributed by atoms with Gasteiger partial charge in [-0.05, 0) is 24.3 Å². The fourth-order valence-corrected chi connectivity index (χ4v) is 2.04. The average Bonchev–Trinajstić information content (AvgIpc) is 3.04. The molecule has 0 radical (unpaired) electrons. The van der Waals surface area contributed by atoms with Crippen LogP contribution in [0.1, 0.15) is 16.8 Å². The maximum absolute atomic E-state index is 12.3. The van der Waals surface area contributed by atoms with Crippen LogP contribution in [0.5, 0.6) is 5.75 Å². The lowest BCUT2D eigenvalue weighted by Gasteiger charge is -2.10. The second-order valence-corrected chi connectivity index (χ2v) is 4.79. The number of methoxy groups -OCH3 is 2. The van der Waals surface area contributed by atoms with Crippen molar-refractivity contribution in [3.63, 3.8) is 0 Å². The number of ketones is 1. The molecule has 0 fully saturated rings. The number of carbonyl (C=O) groups is 2. The van der Waals surface area contributed by atoms with E-state index in [1.165, 1.54) is 0 Å².